The molecule has 24 heavy (non-hydrogen) atoms. The monoisotopic (exact) mass is 321 g/mol. The van der Waals surface area contributed by atoms with Gasteiger partial charge in [-0.15, -0.1) is 0 Å². The minimum Gasteiger partial charge on any atom is -0.492 e. The van der Waals surface area contributed by atoms with Crippen molar-refractivity contribution in [1.82, 2.24) is 14.9 Å². The summed E-state index contributed by atoms with van der Waals surface area (Å²) in [5, 5.41) is 2.90. The van der Waals surface area contributed by atoms with Crippen molar-refractivity contribution in [3.05, 3.63) is 60.4 Å². The van der Waals surface area contributed by atoms with E-state index in [1.165, 1.54) is 0 Å². The minimum atomic E-state index is 0.0964. The first-order chi connectivity index (χ1) is 11.8. The van der Waals surface area contributed by atoms with Crippen molar-refractivity contribution in [1.29, 1.82) is 0 Å². The molecule has 0 spiro atoms. The molecule has 0 saturated carbocycles. The molecular formula is C19H19N3O2. The molecule has 5 nitrogen and oxygen atoms in total. The van der Waals surface area contributed by atoms with E-state index in [-0.39, 0.29) is 11.8 Å². The molecule has 0 bridgehead atoms. The molecule has 1 aliphatic heterocycles. The van der Waals surface area contributed by atoms with Crippen molar-refractivity contribution in [2.45, 2.75) is 18.9 Å². The fraction of sp³-hybridized carbons (Fsp3) is 0.263. The number of hydrogen-bond acceptors (Lipinski definition) is 3. The van der Waals surface area contributed by atoms with Crippen LogP contribution >= 0.6 is 0 Å². The van der Waals surface area contributed by atoms with E-state index in [1.54, 1.807) is 0 Å². The van der Waals surface area contributed by atoms with E-state index >= 15 is 0 Å². The molecule has 1 saturated heterocycles. The van der Waals surface area contributed by atoms with E-state index in [4.69, 9.17) is 9.72 Å². The van der Waals surface area contributed by atoms with Gasteiger partial charge in [-0.05, 0) is 24.3 Å². The Labute approximate surface area is 140 Å². The van der Waals surface area contributed by atoms with Gasteiger partial charge in [-0.25, -0.2) is 4.98 Å². The van der Waals surface area contributed by atoms with E-state index < -0.39 is 0 Å². The van der Waals surface area contributed by atoms with Crippen LogP contribution in [0.5, 0.6) is 5.75 Å². The van der Waals surface area contributed by atoms with Crippen LogP contribution in [0.15, 0.2) is 54.6 Å². The van der Waals surface area contributed by atoms with Crippen LogP contribution in [-0.2, 0) is 11.3 Å². The number of para-hydroxylation sites is 3. The smallest absolute Gasteiger partial charge is 0.220 e. The molecule has 0 aliphatic carbocycles. The van der Waals surface area contributed by atoms with Gasteiger partial charge in [0.15, 0.2) is 0 Å². The molecule has 5 heteroatoms. The summed E-state index contributed by atoms with van der Waals surface area (Å²) < 4.78 is 8.02. The number of aromatic nitrogens is 2. The number of carbonyl (C=O) groups excluding carboxylic acids is 1. The van der Waals surface area contributed by atoms with Gasteiger partial charge in [0, 0.05) is 18.9 Å². The van der Waals surface area contributed by atoms with Gasteiger partial charge in [0.25, 0.3) is 0 Å². The lowest BCUT2D eigenvalue weighted by Crippen LogP contribution is -2.16. The number of hydrogen-bond donors (Lipinski definition) is 1. The summed E-state index contributed by atoms with van der Waals surface area (Å²) in [6.45, 7) is 1.92. The SMILES string of the molecule is O=C1CC(c2nc3ccccc3n2CCOc2ccccc2)CN1. The summed E-state index contributed by atoms with van der Waals surface area (Å²) in [5.74, 6) is 2.05. The van der Waals surface area contributed by atoms with Crippen molar-refractivity contribution in [3.63, 3.8) is 0 Å². The first-order valence-electron chi connectivity index (χ1n) is 8.21. The molecule has 1 amide bonds. The molecule has 2 heterocycles. The van der Waals surface area contributed by atoms with Crippen molar-refractivity contribution in [3.8, 4) is 5.75 Å². The highest BCUT2D eigenvalue weighted by Crippen LogP contribution is 2.26. The average Bonchev–Trinajstić information content (AvgIpc) is 3.20. The number of fused-ring (bicyclic) bond motifs is 1. The third kappa shape index (κ3) is 2.85. The molecule has 0 radical (unpaired) electrons. The molecule has 1 atom stereocenters. The van der Waals surface area contributed by atoms with Gasteiger partial charge in [-0.1, -0.05) is 30.3 Å². The molecular weight excluding hydrogens is 302 g/mol. The Kier molecular flexibility index (Phi) is 3.91. The van der Waals surface area contributed by atoms with Gasteiger partial charge in [0.05, 0.1) is 17.6 Å². The second-order valence-corrected chi connectivity index (χ2v) is 5.98. The molecule has 1 aliphatic rings. The van der Waals surface area contributed by atoms with Crippen LogP contribution < -0.4 is 10.1 Å². The summed E-state index contributed by atoms with van der Waals surface area (Å²) in [7, 11) is 0. The fourth-order valence-electron chi connectivity index (χ4n) is 3.20. The van der Waals surface area contributed by atoms with Crippen LogP contribution in [-0.4, -0.2) is 28.6 Å². The Bertz CT molecular complexity index is 857. The molecule has 1 aromatic heterocycles. The maximum atomic E-state index is 11.6. The predicted octanol–water partition coefficient (Wildman–Crippen LogP) is 2.72. The van der Waals surface area contributed by atoms with Crippen molar-refractivity contribution < 1.29 is 9.53 Å². The van der Waals surface area contributed by atoms with Gasteiger partial charge in [0.2, 0.25) is 5.91 Å². The van der Waals surface area contributed by atoms with Gasteiger partial charge in [-0.2, -0.15) is 0 Å². The van der Waals surface area contributed by atoms with E-state index in [1.807, 2.05) is 48.5 Å². The van der Waals surface area contributed by atoms with E-state index in [9.17, 15) is 4.79 Å². The second-order valence-electron chi connectivity index (χ2n) is 5.98. The summed E-state index contributed by atoms with van der Waals surface area (Å²) in [4.78, 5) is 16.3. The van der Waals surface area contributed by atoms with Crippen LogP contribution in [0.3, 0.4) is 0 Å². The van der Waals surface area contributed by atoms with E-state index in [2.05, 4.69) is 16.0 Å². The van der Waals surface area contributed by atoms with Gasteiger partial charge in [0.1, 0.15) is 18.2 Å². The number of carbonyl (C=O) groups is 1. The van der Waals surface area contributed by atoms with E-state index in [0.717, 1.165) is 22.6 Å². The number of ether oxygens (including phenoxy) is 1. The van der Waals surface area contributed by atoms with Crippen LogP contribution in [0.1, 0.15) is 18.2 Å². The number of amides is 1. The zero-order valence-corrected chi connectivity index (χ0v) is 13.3. The van der Waals surface area contributed by atoms with Crippen molar-refractivity contribution in [2.75, 3.05) is 13.2 Å². The molecule has 3 aromatic rings. The number of imidazole rings is 1. The quantitative estimate of drug-likeness (QED) is 0.786. The van der Waals surface area contributed by atoms with Crippen molar-refractivity contribution >= 4 is 16.9 Å². The molecule has 2 aromatic carbocycles. The number of nitrogens with zero attached hydrogens (tertiary/aromatic N) is 2. The highest BCUT2D eigenvalue weighted by Gasteiger charge is 2.27. The largest absolute Gasteiger partial charge is 0.492 e. The van der Waals surface area contributed by atoms with Crippen LogP contribution in [0, 0.1) is 0 Å². The Morgan fingerprint density at radius 2 is 1.92 bits per heavy atom. The fourth-order valence-corrected chi connectivity index (χ4v) is 3.20. The minimum absolute atomic E-state index is 0.0964. The lowest BCUT2D eigenvalue weighted by molar-refractivity contribution is -0.119. The van der Waals surface area contributed by atoms with Gasteiger partial charge < -0.3 is 14.6 Å². The predicted molar refractivity (Wildman–Crippen MR) is 92.0 cm³/mol. The topological polar surface area (TPSA) is 56.2 Å². The first-order valence-corrected chi connectivity index (χ1v) is 8.21. The third-order valence-corrected chi connectivity index (χ3v) is 4.35. The maximum Gasteiger partial charge on any atom is 0.220 e. The number of nitrogens with one attached hydrogen (secondary N) is 1. The summed E-state index contributed by atoms with van der Waals surface area (Å²) in [5.41, 5.74) is 2.05. The third-order valence-electron chi connectivity index (χ3n) is 4.35. The Morgan fingerprint density at radius 3 is 2.71 bits per heavy atom. The lowest BCUT2D eigenvalue weighted by atomic mass is 10.1. The summed E-state index contributed by atoms with van der Waals surface area (Å²) in [6.07, 6.45) is 0.503. The zero-order chi connectivity index (χ0) is 16.4. The molecule has 1 fully saturated rings. The normalized spacial score (nSPS) is 17.2. The Morgan fingerprint density at radius 1 is 1.12 bits per heavy atom. The average molecular weight is 321 g/mol. The molecule has 1 N–H and O–H groups in total. The maximum absolute atomic E-state index is 11.6. The number of rotatable bonds is 5. The molecule has 122 valence electrons. The zero-order valence-electron chi connectivity index (χ0n) is 13.3. The highest BCUT2D eigenvalue weighted by molar-refractivity contribution is 5.80. The Hall–Kier alpha value is -2.82. The Balaban J connectivity index is 1.59. The first kappa shape index (κ1) is 14.8. The summed E-state index contributed by atoms with van der Waals surface area (Å²) >= 11 is 0. The van der Waals surface area contributed by atoms with Crippen molar-refractivity contribution in [2.24, 2.45) is 0 Å². The summed E-state index contributed by atoms with van der Waals surface area (Å²) in [6, 6.07) is 17.9. The van der Waals surface area contributed by atoms with Gasteiger partial charge in [-0.3, -0.25) is 4.79 Å². The molecule has 1 unspecified atom stereocenters. The lowest BCUT2D eigenvalue weighted by Gasteiger charge is -2.13. The van der Waals surface area contributed by atoms with Crippen LogP contribution in [0.2, 0.25) is 0 Å². The van der Waals surface area contributed by atoms with Gasteiger partial charge >= 0.3 is 0 Å². The second kappa shape index (κ2) is 6.35. The standard InChI is InChI=1S/C19H19N3O2/c23-18-12-14(13-20-18)19-21-16-8-4-5-9-17(16)22(19)10-11-24-15-6-2-1-3-7-15/h1-9,14H,10-13H2,(H,20,23). The van der Waals surface area contributed by atoms with Crippen LogP contribution in [0.4, 0.5) is 0 Å². The molecule has 4 rings (SSSR count). The van der Waals surface area contributed by atoms with E-state index in [0.29, 0.717) is 26.1 Å². The van der Waals surface area contributed by atoms with Crippen LogP contribution in [0.25, 0.3) is 11.0 Å². The number of benzene rings is 2. The highest BCUT2D eigenvalue weighted by atomic mass is 16.5.